The summed E-state index contributed by atoms with van der Waals surface area (Å²) in [5.74, 6) is -1.71. The van der Waals surface area contributed by atoms with Crippen LogP contribution >= 0.6 is 0 Å². The number of rotatable bonds is 7. The molecule has 0 bridgehead atoms. The molecule has 10 heteroatoms. The average Bonchev–Trinajstić information content (AvgIpc) is 3.27. The monoisotopic (exact) mass is 431 g/mol. The Morgan fingerprint density at radius 3 is 2.68 bits per heavy atom. The molecule has 4 unspecified atom stereocenters. The highest BCUT2D eigenvalue weighted by atomic mass is 19.1. The molecule has 2 saturated heterocycles. The summed E-state index contributed by atoms with van der Waals surface area (Å²) in [6.45, 7) is 1.17. The standard InChI is InChI=1S/C21H27F2N7O/c22-16-2-1-3-17(23)15(16)11-27-21(31)14-6-9-25-18(10-14)26-12-19-28-20(30-29-19)13-4-7-24-8-5-13/h1-5,7-8,14,18-20,25-26,28-30H,6,9-12H2,(H,27,31). The van der Waals surface area contributed by atoms with E-state index in [2.05, 4.69) is 37.1 Å². The van der Waals surface area contributed by atoms with E-state index >= 15 is 0 Å². The number of hydrogen-bond acceptors (Lipinski definition) is 7. The van der Waals surface area contributed by atoms with Crippen molar-refractivity contribution in [3.05, 3.63) is 65.5 Å². The van der Waals surface area contributed by atoms with Crippen molar-refractivity contribution in [3.8, 4) is 0 Å². The highest BCUT2D eigenvalue weighted by molar-refractivity contribution is 5.78. The average molecular weight is 431 g/mol. The highest BCUT2D eigenvalue weighted by Gasteiger charge is 2.29. The minimum Gasteiger partial charge on any atom is -0.352 e. The second kappa shape index (κ2) is 10.2. The van der Waals surface area contributed by atoms with Crippen molar-refractivity contribution in [3.63, 3.8) is 0 Å². The summed E-state index contributed by atoms with van der Waals surface area (Å²) in [4.78, 5) is 16.6. The lowest BCUT2D eigenvalue weighted by molar-refractivity contribution is -0.126. The number of hydrogen-bond donors (Lipinski definition) is 6. The van der Waals surface area contributed by atoms with E-state index in [1.54, 1.807) is 12.4 Å². The fraction of sp³-hybridized carbons (Fsp3) is 0.429. The van der Waals surface area contributed by atoms with E-state index < -0.39 is 11.6 Å². The van der Waals surface area contributed by atoms with Crippen LogP contribution in [-0.4, -0.2) is 36.3 Å². The Kier molecular flexibility index (Phi) is 7.15. The Balaban J connectivity index is 1.22. The second-order valence-electron chi connectivity index (χ2n) is 7.78. The second-order valence-corrected chi connectivity index (χ2v) is 7.78. The number of pyridine rings is 1. The van der Waals surface area contributed by atoms with Gasteiger partial charge in [-0.3, -0.25) is 20.4 Å². The van der Waals surface area contributed by atoms with E-state index in [0.717, 1.165) is 5.56 Å². The van der Waals surface area contributed by atoms with Crippen LogP contribution in [0.3, 0.4) is 0 Å². The summed E-state index contributed by atoms with van der Waals surface area (Å²) in [6, 6.07) is 7.58. The third kappa shape index (κ3) is 5.60. The fourth-order valence-electron chi connectivity index (χ4n) is 3.91. The van der Waals surface area contributed by atoms with E-state index in [-0.39, 0.29) is 42.4 Å². The number of halogens is 2. The van der Waals surface area contributed by atoms with Gasteiger partial charge in [0, 0.05) is 37.0 Å². The summed E-state index contributed by atoms with van der Waals surface area (Å²) in [6.07, 6.45) is 4.75. The molecule has 6 N–H and O–H groups in total. The van der Waals surface area contributed by atoms with Crippen molar-refractivity contribution >= 4 is 5.91 Å². The molecular weight excluding hydrogens is 404 g/mol. The number of carbonyl (C=O) groups is 1. The SMILES string of the molecule is O=C(NCc1c(F)cccc1F)C1CCNC(NCC2NNC(c3ccncc3)N2)C1. The van der Waals surface area contributed by atoms with Crippen LogP contribution in [0, 0.1) is 17.6 Å². The Hall–Kier alpha value is -2.50. The zero-order valence-corrected chi connectivity index (χ0v) is 17.0. The first-order chi connectivity index (χ1) is 15.1. The van der Waals surface area contributed by atoms with Crippen molar-refractivity contribution in [1.82, 2.24) is 37.1 Å². The van der Waals surface area contributed by atoms with Crippen LogP contribution in [0.5, 0.6) is 0 Å². The molecular formula is C21H27F2N7O. The molecule has 2 fully saturated rings. The normalized spacial score (nSPS) is 26.0. The summed E-state index contributed by atoms with van der Waals surface area (Å²) in [5, 5.41) is 12.9. The molecule has 2 aromatic rings. The van der Waals surface area contributed by atoms with Gasteiger partial charge in [0.1, 0.15) is 11.6 Å². The minimum atomic E-state index is -0.652. The number of aromatic nitrogens is 1. The van der Waals surface area contributed by atoms with Gasteiger partial charge in [-0.1, -0.05) is 6.07 Å². The van der Waals surface area contributed by atoms with Gasteiger partial charge >= 0.3 is 0 Å². The van der Waals surface area contributed by atoms with Crippen LogP contribution < -0.4 is 32.1 Å². The molecule has 1 aromatic heterocycles. The van der Waals surface area contributed by atoms with Gasteiger partial charge in [0.15, 0.2) is 0 Å². The Morgan fingerprint density at radius 2 is 1.90 bits per heavy atom. The predicted molar refractivity (Wildman–Crippen MR) is 111 cm³/mol. The molecule has 31 heavy (non-hydrogen) atoms. The lowest BCUT2D eigenvalue weighted by Crippen LogP contribution is -2.54. The molecule has 2 aliphatic rings. The molecule has 8 nitrogen and oxygen atoms in total. The number of carbonyl (C=O) groups excluding carboxylic acids is 1. The molecule has 3 heterocycles. The molecule has 0 radical (unpaired) electrons. The van der Waals surface area contributed by atoms with E-state index in [0.29, 0.717) is 25.9 Å². The summed E-state index contributed by atoms with van der Waals surface area (Å²) in [7, 11) is 0. The van der Waals surface area contributed by atoms with Gasteiger partial charge in [-0.15, -0.1) is 0 Å². The first-order valence-electron chi connectivity index (χ1n) is 10.4. The van der Waals surface area contributed by atoms with Gasteiger partial charge in [0.25, 0.3) is 0 Å². The lowest BCUT2D eigenvalue weighted by Gasteiger charge is -2.31. The van der Waals surface area contributed by atoms with E-state index in [4.69, 9.17) is 0 Å². The van der Waals surface area contributed by atoms with Crippen LogP contribution in [0.4, 0.5) is 8.78 Å². The van der Waals surface area contributed by atoms with Crippen molar-refractivity contribution in [2.75, 3.05) is 13.1 Å². The zero-order chi connectivity index (χ0) is 21.6. The maximum Gasteiger partial charge on any atom is 0.223 e. The van der Waals surface area contributed by atoms with Crippen molar-refractivity contribution in [2.24, 2.45) is 5.92 Å². The predicted octanol–water partition coefficient (Wildman–Crippen LogP) is 0.614. The maximum absolute atomic E-state index is 13.8. The molecule has 2 aliphatic heterocycles. The summed E-state index contributed by atoms with van der Waals surface area (Å²) < 4.78 is 27.5. The van der Waals surface area contributed by atoms with Gasteiger partial charge in [-0.25, -0.2) is 19.6 Å². The first kappa shape index (κ1) is 21.7. The smallest absolute Gasteiger partial charge is 0.223 e. The topological polar surface area (TPSA) is 102 Å². The van der Waals surface area contributed by atoms with Crippen LogP contribution in [-0.2, 0) is 11.3 Å². The number of hydrazine groups is 1. The molecule has 0 saturated carbocycles. The first-order valence-corrected chi connectivity index (χ1v) is 10.4. The van der Waals surface area contributed by atoms with Crippen LogP contribution in [0.25, 0.3) is 0 Å². The van der Waals surface area contributed by atoms with Crippen LogP contribution in [0.2, 0.25) is 0 Å². The van der Waals surface area contributed by atoms with Crippen molar-refractivity contribution < 1.29 is 13.6 Å². The maximum atomic E-state index is 13.8. The van der Waals surface area contributed by atoms with Gasteiger partial charge in [-0.2, -0.15) is 0 Å². The Labute approximate surface area is 179 Å². The van der Waals surface area contributed by atoms with Crippen molar-refractivity contribution in [2.45, 2.75) is 37.9 Å². The van der Waals surface area contributed by atoms with Gasteiger partial charge in [-0.05, 0) is 49.2 Å². The lowest BCUT2D eigenvalue weighted by atomic mass is 9.94. The molecule has 1 amide bonds. The molecule has 4 atom stereocenters. The number of piperidine rings is 1. The Morgan fingerprint density at radius 1 is 1.13 bits per heavy atom. The molecule has 0 aliphatic carbocycles. The van der Waals surface area contributed by atoms with Gasteiger partial charge < -0.3 is 10.6 Å². The molecule has 166 valence electrons. The largest absolute Gasteiger partial charge is 0.352 e. The summed E-state index contributed by atoms with van der Waals surface area (Å²) in [5.41, 5.74) is 7.38. The number of benzene rings is 1. The van der Waals surface area contributed by atoms with Gasteiger partial charge in [0.2, 0.25) is 5.91 Å². The number of amides is 1. The molecule has 0 spiro atoms. The molecule has 4 rings (SSSR count). The van der Waals surface area contributed by atoms with Gasteiger partial charge in [0.05, 0.1) is 18.5 Å². The van der Waals surface area contributed by atoms with E-state index in [9.17, 15) is 13.6 Å². The number of nitrogens with zero attached hydrogens (tertiary/aromatic N) is 1. The van der Waals surface area contributed by atoms with E-state index in [1.807, 2.05) is 12.1 Å². The quantitative estimate of drug-likeness (QED) is 0.382. The third-order valence-corrected chi connectivity index (χ3v) is 5.65. The van der Waals surface area contributed by atoms with Crippen molar-refractivity contribution in [1.29, 1.82) is 0 Å². The summed E-state index contributed by atoms with van der Waals surface area (Å²) >= 11 is 0. The Bertz CT molecular complexity index is 865. The fourth-order valence-corrected chi connectivity index (χ4v) is 3.91. The number of nitrogens with one attached hydrogen (secondary N) is 6. The molecule has 1 aromatic carbocycles. The highest BCUT2D eigenvalue weighted by Crippen LogP contribution is 2.17. The van der Waals surface area contributed by atoms with Crippen LogP contribution in [0.1, 0.15) is 30.1 Å². The zero-order valence-electron chi connectivity index (χ0n) is 17.0. The van der Waals surface area contributed by atoms with E-state index in [1.165, 1.54) is 18.2 Å². The minimum absolute atomic E-state index is 0.00795. The van der Waals surface area contributed by atoms with Crippen LogP contribution in [0.15, 0.2) is 42.7 Å². The third-order valence-electron chi connectivity index (χ3n) is 5.65.